The minimum absolute atomic E-state index is 0.0656. The number of nitrogens with zero attached hydrogens (tertiary/aromatic N) is 1. The van der Waals surface area contributed by atoms with Crippen LogP contribution in [0.1, 0.15) is 19.8 Å². The Bertz CT molecular complexity index is 288. The first-order valence-corrected chi connectivity index (χ1v) is 4.45. The maximum atomic E-state index is 13.1. The van der Waals surface area contributed by atoms with E-state index in [1.54, 1.807) is 4.57 Å². The minimum Gasteiger partial charge on any atom is -0.318 e. The quantitative estimate of drug-likeness (QED) is 0.682. The van der Waals surface area contributed by atoms with Gasteiger partial charge in [-0.1, -0.05) is 0 Å². The summed E-state index contributed by atoms with van der Waals surface area (Å²) in [6.07, 6.45) is 3.98. The van der Waals surface area contributed by atoms with Gasteiger partial charge in [-0.2, -0.15) is 4.39 Å². The van der Waals surface area contributed by atoms with E-state index in [9.17, 15) is 4.39 Å². The molecule has 2 rings (SSSR count). The highest BCUT2D eigenvalue weighted by Gasteiger charge is 2.40. The van der Waals surface area contributed by atoms with E-state index >= 15 is 0 Å². The summed E-state index contributed by atoms with van der Waals surface area (Å²) in [6.45, 7) is 2.07. The highest BCUT2D eigenvalue weighted by molar-refractivity contribution is 9.10. The van der Waals surface area contributed by atoms with Crippen LogP contribution in [0.15, 0.2) is 16.7 Å². The second-order valence-corrected chi connectivity index (χ2v) is 4.26. The van der Waals surface area contributed by atoms with E-state index in [-0.39, 0.29) is 11.5 Å². The van der Waals surface area contributed by atoms with Gasteiger partial charge in [0.05, 0.1) is 0 Å². The Morgan fingerprint density at radius 3 is 2.64 bits per heavy atom. The molecule has 0 atom stereocenters. The molecule has 0 radical (unpaired) electrons. The molecule has 1 fully saturated rings. The predicted octanol–water partition coefficient (Wildman–Crippen LogP) is 2.90. The molecule has 1 aliphatic rings. The average Bonchev–Trinajstić information content (AvgIpc) is 2.55. The molecule has 0 saturated heterocycles. The summed E-state index contributed by atoms with van der Waals surface area (Å²) in [5, 5.41) is 0. The summed E-state index contributed by atoms with van der Waals surface area (Å²) < 4.78 is 15.6. The topological polar surface area (TPSA) is 4.93 Å². The highest BCUT2D eigenvalue weighted by atomic mass is 79.9. The Morgan fingerprint density at radius 2 is 2.27 bits per heavy atom. The maximum absolute atomic E-state index is 13.1. The second-order valence-electron chi connectivity index (χ2n) is 3.35. The van der Waals surface area contributed by atoms with Crippen molar-refractivity contribution in [3.05, 3.63) is 22.7 Å². The lowest BCUT2D eigenvalue weighted by atomic mass is 10.3. The lowest BCUT2D eigenvalue weighted by Gasteiger charge is -2.10. The number of aromatic nitrogens is 1. The zero-order chi connectivity index (χ0) is 8.06. The Hall–Kier alpha value is -0.310. The van der Waals surface area contributed by atoms with Crippen LogP contribution >= 0.6 is 15.9 Å². The van der Waals surface area contributed by atoms with Crippen molar-refractivity contribution < 1.29 is 4.39 Å². The third kappa shape index (κ3) is 1.11. The van der Waals surface area contributed by atoms with Gasteiger partial charge in [0.15, 0.2) is 5.95 Å². The fourth-order valence-corrected chi connectivity index (χ4v) is 1.63. The third-order valence-electron chi connectivity index (χ3n) is 2.29. The summed E-state index contributed by atoms with van der Waals surface area (Å²) in [7, 11) is 0. The molecule has 11 heavy (non-hydrogen) atoms. The lowest BCUT2D eigenvalue weighted by Crippen LogP contribution is -2.12. The van der Waals surface area contributed by atoms with Crippen LogP contribution in [-0.2, 0) is 5.54 Å². The largest absolute Gasteiger partial charge is 0.318 e. The SMILES string of the molecule is CC1(n2cc(Br)cc2F)CC1. The van der Waals surface area contributed by atoms with Crippen LogP contribution in [-0.4, -0.2) is 4.57 Å². The summed E-state index contributed by atoms with van der Waals surface area (Å²) in [4.78, 5) is 0. The normalized spacial score (nSPS) is 20.3. The fraction of sp³-hybridized carbons (Fsp3) is 0.500. The van der Waals surface area contributed by atoms with Gasteiger partial charge in [-0.15, -0.1) is 0 Å². The smallest absolute Gasteiger partial charge is 0.195 e. The van der Waals surface area contributed by atoms with Crippen LogP contribution in [0.25, 0.3) is 0 Å². The minimum atomic E-state index is -0.142. The summed E-state index contributed by atoms with van der Waals surface area (Å²) in [5.74, 6) is -0.142. The van der Waals surface area contributed by atoms with Crippen molar-refractivity contribution in [3.8, 4) is 0 Å². The first-order chi connectivity index (χ1) is 5.12. The van der Waals surface area contributed by atoms with Crippen LogP contribution in [0.3, 0.4) is 0 Å². The van der Waals surface area contributed by atoms with Crippen molar-refractivity contribution >= 4 is 15.9 Å². The van der Waals surface area contributed by atoms with E-state index in [0.29, 0.717) is 0 Å². The molecule has 0 unspecified atom stereocenters. The van der Waals surface area contributed by atoms with Gasteiger partial charge in [0.1, 0.15) is 0 Å². The van der Waals surface area contributed by atoms with Gasteiger partial charge in [-0.05, 0) is 35.7 Å². The van der Waals surface area contributed by atoms with E-state index in [1.165, 1.54) is 6.07 Å². The van der Waals surface area contributed by atoms with Crippen LogP contribution in [0.2, 0.25) is 0 Å². The van der Waals surface area contributed by atoms with E-state index in [4.69, 9.17) is 0 Å². The number of hydrogen-bond acceptors (Lipinski definition) is 0. The zero-order valence-corrected chi connectivity index (χ0v) is 7.86. The Labute approximate surface area is 73.3 Å². The molecule has 1 heterocycles. The number of hydrogen-bond donors (Lipinski definition) is 0. The Balaban J connectivity index is 2.44. The van der Waals surface area contributed by atoms with E-state index in [2.05, 4.69) is 22.9 Å². The Kier molecular flexibility index (Phi) is 1.40. The second kappa shape index (κ2) is 2.09. The Morgan fingerprint density at radius 1 is 1.64 bits per heavy atom. The van der Waals surface area contributed by atoms with Gasteiger partial charge in [0.2, 0.25) is 0 Å². The summed E-state index contributed by atoms with van der Waals surface area (Å²) >= 11 is 3.24. The predicted molar refractivity (Wildman–Crippen MR) is 45.0 cm³/mol. The van der Waals surface area contributed by atoms with Gasteiger partial charge in [0.25, 0.3) is 0 Å². The van der Waals surface area contributed by atoms with Gasteiger partial charge in [0, 0.05) is 22.3 Å². The first-order valence-electron chi connectivity index (χ1n) is 3.66. The van der Waals surface area contributed by atoms with Crippen molar-refractivity contribution in [1.82, 2.24) is 4.57 Å². The zero-order valence-electron chi connectivity index (χ0n) is 6.27. The average molecular weight is 218 g/mol. The molecule has 60 valence electrons. The van der Waals surface area contributed by atoms with Crippen molar-refractivity contribution in [2.45, 2.75) is 25.3 Å². The fourth-order valence-electron chi connectivity index (χ4n) is 1.24. The summed E-state index contributed by atoms with van der Waals surface area (Å²) in [6, 6.07) is 1.50. The molecule has 0 N–H and O–H groups in total. The molecule has 1 nitrogen and oxygen atoms in total. The molecule has 0 spiro atoms. The summed E-state index contributed by atoms with van der Waals surface area (Å²) in [5.41, 5.74) is 0.0656. The molecule has 0 bridgehead atoms. The van der Waals surface area contributed by atoms with Gasteiger partial charge in [-0.25, -0.2) is 0 Å². The maximum Gasteiger partial charge on any atom is 0.195 e. The van der Waals surface area contributed by atoms with E-state index in [0.717, 1.165) is 17.3 Å². The lowest BCUT2D eigenvalue weighted by molar-refractivity contribution is 0.422. The molecule has 0 aliphatic heterocycles. The molecule has 1 aliphatic carbocycles. The van der Waals surface area contributed by atoms with Crippen LogP contribution in [0.5, 0.6) is 0 Å². The molecule has 1 aromatic rings. The van der Waals surface area contributed by atoms with E-state index < -0.39 is 0 Å². The van der Waals surface area contributed by atoms with Crippen molar-refractivity contribution in [3.63, 3.8) is 0 Å². The monoisotopic (exact) mass is 217 g/mol. The van der Waals surface area contributed by atoms with Gasteiger partial charge in [-0.3, -0.25) is 0 Å². The van der Waals surface area contributed by atoms with Crippen LogP contribution in [0.4, 0.5) is 4.39 Å². The standard InChI is InChI=1S/C8H9BrFN/c1-8(2-3-8)11-5-6(9)4-7(11)10/h4-5H,2-3H2,1H3. The molecular formula is C8H9BrFN. The van der Waals surface area contributed by atoms with Crippen LogP contribution < -0.4 is 0 Å². The molecule has 1 saturated carbocycles. The highest BCUT2D eigenvalue weighted by Crippen LogP contribution is 2.44. The molecule has 0 amide bonds. The van der Waals surface area contributed by atoms with Crippen molar-refractivity contribution in [2.75, 3.05) is 0 Å². The molecule has 1 aromatic heterocycles. The third-order valence-corrected chi connectivity index (χ3v) is 2.73. The molecule has 3 heteroatoms. The van der Waals surface area contributed by atoms with Gasteiger partial charge < -0.3 is 4.57 Å². The first kappa shape index (κ1) is 7.35. The van der Waals surface area contributed by atoms with E-state index in [1.807, 2.05) is 6.20 Å². The van der Waals surface area contributed by atoms with Gasteiger partial charge >= 0.3 is 0 Å². The molecular weight excluding hydrogens is 209 g/mol. The number of halogens is 2. The van der Waals surface area contributed by atoms with Crippen LogP contribution in [0, 0.1) is 5.95 Å². The van der Waals surface area contributed by atoms with Crippen molar-refractivity contribution in [1.29, 1.82) is 0 Å². The van der Waals surface area contributed by atoms with Crippen molar-refractivity contribution in [2.24, 2.45) is 0 Å². The number of rotatable bonds is 1. The molecule has 0 aromatic carbocycles.